The Morgan fingerprint density at radius 1 is 1.33 bits per heavy atom. The minimum absolute atomic E-state index is 0.320. The van der Waals surface area contributed by atoms with E-state index in [2.05, 4.69) is 15.3 Å². The van der Waals surface area contributed by atoms with Gasteiger partial charge in [-0.25, -0.2) is 9.78 Å². The second-order valence-electron chi connectivity index (χ2n) is 4.85. The monoisotopic (exact) mass is 281 g/mol. The highest BCUT2D eigenvalue weighted by molar-refractivity contribution is 5.91. The third kappa shape index (κ3) is 2.45. The van der Waals surface area contributed by atoms with Gasteiger partial charge in [-0.2, -0.15) is 0 Å². The molecule has 0 bridgehead atoms. The van der Waals surface area contributed by atoms with Crippen LogP contribution in [0.25, 0.3) is 11.0 Å². The molecule has 21 heavy (non-hydrogen) atoms. The van der Waals surface area contributed by atoms with Crippen molar-refractivity contribution in [2.24, 2.45) is 0 Å². The fourth-order valence-electron chi connectivity index (χ4n) is 2.41. The van der Waals surface area contributed by atoms with Crippen molar-refractivity contribution in [1.82, 2.24) is 9.97 Å². The van der Waals surface area contributed by atoms with E-state index in [-0.39, 0.29) is 0 Å². The Morgan fingerprint density at radius 2 is 2.19 bits per heavy atom. The summed E-state index contributed by atoms with van der Waals surface area (Å²) in [6.07, 6.45) is 3.66. The zero-order chi connectivity index (χ0) is 14.8. The highest BCUT2D eigenvalue weighted by atomic mass is 16.4. The summed E-state index contributed by atoms with van der Waals surface area (Å²) >= 11 is 0. The van der Waals surface area contributed by atoms with Crippen LogP contribution >= 0.6 is 0 Å². The molecule has 0 unspecified atom stereocenters. The van der Waals surface area contributed by atoms with Crippen LogP contribution in [0.4, 0.5) is 5.69 Å². The van der Waals surface area contributed by atoms with Crippen molar-refractivity contribution in [2.45, 2.75) is 13.5 Å². The van der Waals surface area contributed by atoms with Crippen LogP contribution in [0.2, 0.25) is 0 Å². The van der Waals surface area contributed by atoms with Crippen LogP contribution in [0.1, 0.15) is 21.5 Å². The summed E-state index contributed by atoms with van der Waals surface area (Å²) in [4.78, 5) is 18.5. The summed E-state index contributed by atoms with van der Waals surface area (Å²) in [5.74, 6) is -0.910. The number of nitrogens with one attached hydrogen (secondary N) is 2. The molecule has 1 aromatic carbocycles. The number of hydrogen-bond donors (Lipinski definition) is 3. The first-order chi connectivity index (χ1) is 10.2. The average Bonchev–Trinajstić information content (AvgIpc) is 2.89. The van der Waals surface area contributed by atoms with Crippen LogP contribution in [0, 0.1) is 6.92 Å². The molecule has 2 aromatic heterocycles. The largest absolute Gasteiger partial charge is 0.478 e. The van der Waals surface area contributed by atoms with Crippen molar-refractivity contribution < 1.29 is 9.90 Å². The number of H-pyrrole nitrogens is 1. The smallest absolute Gasteiger partial charge is 0.336 e. The summed E-state index contributed by atoms with van der Waals surface area (Å²) in [5, 5.41) is 13.5. The number of rotatable bonds is 4. The quantitative estimate of drug-likeness (QED) is 0.686. The lowest BCUT2D eigenvalue weighted by atomic mass is 10.1. The highest BCUT2D eigenvalue weighted by Gasteiger charge is 2.10. The van der Waals surface area contributed by atoms with Gasteiger partial charge in [-0.1, -0.05) is 6.07 Å². The molecule has 2 heterocycles. The number of aromatic carboxylic acids is 1. The number of carbonyl (C=O) groups is 1. The fourth-order valence-corrected chi connectivity index (χ4v) is 2.41. The van der Waals surface area contributed by atoms with Crippen LogP contribution in [-0.2, 0) is 6.54 Å². The first kappa shape index (κ1) is 13.2. The molecule has 106 valence electrons. The van der Waals surface area contributed by atoms with E-state index in [0.29, 0.717) is 12.1 Å². The predicted octanol–water partition coefficient (Wildman–Crippen LogP) is 3.18. The first-order valence-corrected chi connectivity index (χ1v) is 6.64. The number of fused-ring (bicyclic) bond motifs is 1. The maximum absolute atomic E-state index is 11.1. The van der Waals surface area contributed by atoms with Gasteiger partial charge in [0.2, 0.25) is 0 Å². The third-order valence-electron chi connectivity index (χ3n) is 3.57. The van der Waals surface area contributed by atoms with Crippen LogP contribution in [-0.4, -0.2) is 21.0 Å². The predicted molar refractivity (Wildman–Crippen MR) is 81.6 cm³/mol. The summed E-state index contributed by atoms with van der Waals surface area (Å²) < 4.78 is 0. The van der Waals surface area contributed by atoms with Gasteiger partial charge in [0, 0.05) is 30.0 Å². The normalized spacial score (nSPS) is 10.7. The Kier molecular flexibility index (Phi) is 3.31. The van der Waals surface area contributed by atoms with Crippen LogP contribution < -0.4 is 5.32 Å². The second kappa shape index (κ2) is 5.28. The Balaban J connectivity index is 1.85. The van der Waals surface area contributed by atoms with Gasteiger partial charge in [0.1, 0.15) is 5.65 Å². The van der Waals surface area contributed by atoms with Gasteiger partial charge >= 0.3 is 5.97 Å². The molecular weight excluding hydrogens is 266 g/mol. The molecule has 0 radical (unpaired) electrons. The number of benzene rings is 1. The fraction of sp³-hybridized carbons (Fsp3) is 0.125. The molecule has 5 heteroatoms. The number of anilines is 1. The summed E-state index contributed by atoms with van der Waals surface area (Å²) in [5.41, 5.74) is 3.83. The Bertz CT molecular complexity index is 808. The van der Waals surface area contributed by atoms with E-state index < -0.39 is 5.97 Å². The van der Waals surface area contributed by atoms with Crippen molar-refractivity contribution in [3.63, 3.8) is 0 Å². The van der Waals surface area contributed by atoms with Crippen molar-refractivity contribution in [1.29, 1.82) is 0 Å². The Hall–Kier alpha value is -2.82. The lowest BCUT2D eigenvalue weighted by Crippen LogP contribution is -2.05. The number of carboxylic acid groups (broad SMARTS) is 1. The maximum atomic E-state index is 11.1. The second-order valence-corrected chi connectivity index (χ2v) is 4.85. The highest BCUT2D eigenvalue weighted by Crippen LogP contribution is 2.21. The van der Waals surface area contributed by atoms with Crippen molar-refractivity contribution in [3.8, 4) is 0 Å². The molecule has 0 aliphatic heterocycles. The molecule has 0 aliphatic rings. The maximum Gasteiger partial charge on any atom is 0.336 e. The number of nitrogens with zero attached hydrogens (tertiary/aromatic N) is 1. The minimum atomic E-state index is -0.910. The van der Waals surface area contributed by atoms with E-state index >= 15 is 0 Å². The standard InChI is InChI=1S/C16H15N3O2/c1-10-12(16(20)21)4-2-6-14(10)18-8-11-9-19-15-13(11)5-3-7-17-15/h2-7,9,18H,8H2,1H3,(H,17,19)(H,20,21). The number of hydrogen-bond acceptors (Lipinski definition) is 3. The molecule has 0 spiro atoms. The Morgan fingerprint density at radius 3 is 3.00 bits per heavy atom. The molecule has 5 nitrogen and oxygen atoms in total. The van der Waals surface area contributed by atoms with E-state index in [4.69, 9.17) is 5.11 Å². The molecule has 3 rings (SSSR count). The molecule has 0 saturated heterocycles. The van der Waals surface area contributed by atoms with Crippen LogP contribution in [0.3, 0.4) is 0 Å². The van der Waals surface area contributed by atoms with E-state index in [1.54, 1.807) is 18.3 Å². The summed E-state index contributed by atoms with van der Waals surface area (Å²) in [6, 6.07) is 9.15. The lowest BCUT2D eigenvalue weighted by Gasteiger charge is -2.11. The summed E-state index contributed by atoms with van der Waals surface area (Å²) in [7, 11) is 0. The molecule has 0 fully saturated rings. The third-order valence-corrected chi connectivity index (χ3v) is 3.57. The zero-order valence-electron chi connectivity index (χ0n) is 11.6. The van der Waals surface area contributed by atoms with Gasteiger partial charge in [-0.15, -0.1) is 0 Å². The first-order valence-electron chi connectivity index (χ1n) is 6.64. The van der Waals surface area contributed by atoms with E-state index in [1.807, 2.05) is 31.3 Å². The number of pyridine rings is 1. The molecule has 0 atom stereocenters. The van der Waals surface area contributed by atoms with Crippen molar-refractivity contribution in [3.05, 3.63) is 59.4 Å². The number of aromatic amines is 1. The van der Waals surface area contributed by atoms with Gasteiger partial charge in [0.05, 0.1) is 5.56 Å². The Labute approximate surface area is 121 Å². The van der Waals surface area contributed by atoms with E-state index in [9.17, 15) is 4.79 Å². The van der Waals surface area contributed by atoms with E-state index in [0.717, 1.165) is 27.8 Å². The molecular formula is C16H15N3O2. The summed E-state index contributed by atoms with van der Waals surface area (Å²) in [6.45, 7) is 2.41. The number of aromatic nitrogens is 2. The van der Waals surface area contributed by atoms with Crippen molar-refractivity contribution in [2.75, 3.05) is 5.32 Å². The molecule has 0 amide bonds. The molecule has 0 aliphatic carbocycles. The van der Waals surface area contributed by atoms with Gasteiger partial charge in [-0.05, 0) is 42.3 Å². The topological polar surface area (TPSA) is 78.0 Å². The average molecular weight is 281 g/mol. The lowest BCUT2D eigenvalue weighted by molar-refractivity contribution is 0.0696. The zero-order valence-corrected chi connectivity index (χ0v) is 11.6. The minimum Gasteiger partial charge on any atom is -0.478 e. The molecule has 3 aromatic rings. The van der Waals surface area contributed by atoms with Gasteiger partial charge in [-0.3, -0.25) is 0 Å². The number of carboxylic acids is 1. The molecule has 3 N–H and O–H groups in total. The van der Waals surface area contributed by atoms with Gasteiger partial charge < -0.3 is 15.4 Å². The van der Waals surface area contributed by atoms with Gasteiger partial charge in [0.15, 0.2) is 0 Å². The van der Waals surface area contributed by atoms with Crippen molar-refractivity contribution >= 4 is 22.7 Å². The van der Waals surface area contributed by atoms with Crippen LogP contribution in [0.5, 0.6) is 0 Å². The molecule has 0 saturated carbocycles. The SMILES string of the molecule is Cc1c(NCc2c[nH]c3ncccc23)cccc1C(=O)O. The van der Waals surface area contributed by atoms with Gasteiger partial charge in [0.25, 0.3) is 0 Å². The van der Waals surface area contributed by atoms with Crippen LogP contribution in [0.15, 0.2) is 42.7 Å². The van der Waals surface area contributed by atoms with E-state index in [1.165, 1.54) is 0 Å².